The molecule has 92 valence electrons. The summed E-state index contributed by atoms with van der Waals surface area (Å²) in [6.45, 7) is 2.79. The molecule has 2 aliphatic rings. The van der Waals surface area contributed by atoms with E-state index < -0.39 is 0 Å². The van der Waals surface area contributed by atoms with Crippen LogP contribution in [0.1, 0.15) is 45.4 Å². The zero-order chi connectivity index (χ0) is 11.5. The van der Waals surface area contributed by atoms with Gasteiger partial charge in [-0.25, -0.2) is 0 Å². The summed E-state index contributed by atoms with van der Waals surface area (Å²) >= 11 is 0. The van der Waals surface area contributed by atoms with Gasteiger partial charge < -0.3 is 11.1 Å². The summed E-state index contributed by atoms with van der Waals surface area (Å²) in [5.74, 6) is 2.29. The molecule has 2 fully saturated rings. The number of nitrogens with two attached hydrogens (primary N) is 1. The molecule has 0 aromatic heterocycles. The quantitative estimate of drug-likeness (QED) is 0.691. The van der Waals surface area contributed by atoms with Crippen LogP contribution in [0.2, 0.25) is 0 Å². The van der Waals surface area contributed by atoms with Crippen LogP contribution in [-0.2, 0) is 4.79 Å². The molecular formula is C13H24N2O. The number of amides is 1. The Kier molecular flexibility index (Phi) is 3.85. The van der Waals surface area contributed by atoms with Crippen LogP contribution >= 0.6 is 0 Å². The molecule has 0 saturated heterocycles. The lowest BCUT2D eigenvalue weighted by Crippen LogP contribution is -2.38. The summed E-state index contributed by atoms with van der Waals surface area (Å²) in [4.78, 5) is 11.8. The van der Waals surface area contributed by atoms with Crippen molar-refractivity contribution in [3.05, 3.63) is 0 Å². The highest BCUT2D eigenvalue weighted by Crippen LogP contribution is 2.44. The minimum Gasteiger partial charge on any atom is -0.353 e. The van der Waals surface area contributed by atoms with E-state index >= 15 is 0 Å². The minimum atomic E-state index is 0.240. The van der Waals surface area contributed by atoms with E-state index in [1.165, 1.54) is 25.7 Å². The summed E-state index contributed by atoms with van der Waals surface area (Å²) in [6.07, 6.45) is 6.85. The first kappa shape index (κ1) is 11.9. The van der Waals surface area contributed by atoms with Crippen LogP contribution in [0.4, 0.5) is 0 Å². The maximum absolute atomic E-state index is 11.8. The Morgan fingerprint density at radius 2 is 1.88 bits per heavy atom. The van der Waals surface area contributed by atoms with E-state index in [2.05, 4.69) is 12.2 Å². The third-order valence-corrected chi connectivity index (χ3v) is 3.85. The lowest BCUT2D eigenvalue weighted by molar-refractivity contribution is -0.122. The first-order chi connectivity index (χ1) is 7.70. The smallest absolute Gasteiger partial charge is 0.220 e. The second-order valence-electron chi connectivity index (χ2n) is 5.65. The third kappa shape index (κ3) is 3.48. The van der Waals surface area contributed by atoms with E-state index in [1.807, 2.05) is 0 Å². The highest BCUT2D eigenvalue weighted by atomic mass is 16.1. The summed E-state index contributed by atoms with van der Waals surface area (Å²) in [5, 5.41) is 3.24. The van der Waals surface area contributed by atoms with E-state index in [0.29, 0.717) is 24.9 Å². The van der Waals surface area contributed by atoms with Crippen molar-refractivity contribution in [2.75, 3.05) is 6.54 Å². The van der Waals surface area contributed by atoms with Crippen LogP contribution < -0.4 is 11.1 Å². The summed E-state index contributed by atoms with van der Waals surface area (Å²) < 4.78 is 0. The normalized spacial score (nSPS) is 22.2. The van der Waals surface area contributed by atoms with Gasteiger partial charge in [0.2, 0.25) is 5.91 Å². The Labute approximate surface area is 98.2 Å². The average molecular weight is 224 g/mol. The number of nitrogens with one attached hydrogen (secondary N) is 1. The zero-order valence-corrected chi connectivity index (χ0v) is 10.2. The Balaban J connectivity index is 1.68. The Hall–Kier alpha value is -0.570. The molecule has 0 aliphatic heterocycles. The highest BCUT2D eigenvalue weighted by Gasteiger charge is 2.42. The molecular weight excluding hydrogens is 200 g/mol. The van der Waals surface area contributed by atoms with Crippen LogP contribution in [-0.4, -0.2) is 18.5 Å². The molecule has 0 heterocycles. The predicted molar refractivity (Wildman–Crippen MR) is 64.8 cm³/mol. The van der Waals surface area contributed by atoms with Crippen LogP contribution in [0.3, 0.4) is 0 Å². The summed E-state index contributed by atoms with van der Waals surface area (Å²) in [6, 6.07) is 0.501. The Morgan fingerprint density at radius 1 is 1.31 bits per heavy atom. The van der Waals surface area contributed by atoms with Gasteiger partial charge in [0.05, 0.1) is 0 Å². The first-order valence-electron chi connectivity index (χ1n) is 6.70. The van der Waals surface area contributed by atoms with Crippen molar-refractivity contribution in [1.82, 2.24) is 5.32 Å². The second kappa shape index (κ2) is 5.17. The molecule has 3 heteroatoms. The number of carbonyl (C=O) groups is 1. The van der Waals surface area contributed by atoms with Crippen molar-refractivity contribution < 1.29 is 4.79 Å². The van der Waals surface area contributed by atoms with Gasteiger partial charge >= 0.3 is 0 Å². The first-order valence-corrected chi connectivity index (χ1v) is 6.70. The van der Waals surface area contributed by atoms with Gasteiger partial charge in [-0.3, -0.25) is 4.79 Å². The fraction of sp³-hybridized carbons (Fsp3) is 0.923. The van der Waals surface area contributed by atoms with Crippen molar-refractivity contribution in [1.29, 1.82) is 0 Å². The maximum Gasteiger partial charge on any atom is 0.220 e. The van der Waals surface area contributed by atoms with Crippen molar-refractivity contribution in [2.45, 2.75) is 51.5 Å². The molecule has 2 aliphatic carbocycles. The van der Waals surface area contributed by atoms with Crippen molar-refractivity contribution in [3.8, 4) is 0 Å². The molecule has 1 amide bonds. The Morgan fingerprint density at radius 3 is 2.31 bits per heavy atom. The molecule has 2 saturated carbocycles. The van der Waals surface area contributed by atoms with E-state index in [4.69, 9.17) is 5.73 Å². The standard InChI is InChI=1S/C13H24N2O/c1-9(8-14)2-7-12(16)15-13(10-3-4-10)11-5-6-11/h9-11,13H,2-8,14H2,1H3,(H,15,16). The van der Waals surface area contributed by atoms with Crippen molar-refractivity contribution in [3.63, 3.8) is 0 Å². The molecule has 3 N–H and O–H groups in total. The number of hydrogen-bond donors (Lipinski definition) is 2. The highest BCUT2D eigenvalue weighted by molar-refractivity contribution is 5.76. The SMILES string of the molecule is CC(CN)CCC(=O)NC(C1CC1)C1CC1. The monoisotopic (exact) mass is 224 g/mol. The number of rotatable bonds is 7. The molecule has 3 nitrogen and oxygen atoms in total. The van der Waals surface area contributed by atoms with E-state index in [0.717, 1.165) is 18.3 Å². The van der Waals surface area contributed by atoms with Gasteiger partial charge in [0.1, 0.15) is 0 Å². The molecule has 1 atom stereocenters. The van der Waals surface area contributed by atoms with Gasteiger partial charge in [-0.2, -0.15) is 0 Å². The lowest BCUT2D eigenvalue weighted by Gasteiger charge is -2.18. The number of hydrogen-bond acceptors (Lipinski definition) is 2. The van der Waals surface area contributed by atoms with Crippen molar-refractivity contribution in [2.24, 2.45) is 23.5 Å². The van der Waals surface area contributed by atoms with E-state index in [-0.39, 0.29) is 5.91 Å². The fourth-order valence-corrected chi connectivity index (χ4v) is 2.28. The van der Waals surface area contributed by atoms with Crippen LogP contribution in [0, 0.1) is 17.8 Å². The molecule has 0 bridgehead atoms. The average Bonchev–Trinajstić information content (AvgIpc) is 3.15. The van der Waals surface area contributed by atoms with E-state index in [1.54, 1.807) is 0 Å². The van der Waals surface area contributed by atoms with Crippen LogP contribution in [0.25, 0.3) is 0 Å². The predicted octanol–water partition coefficient (Wildman–Crippen LogP) is 1.67. The molecule has 1 unspecified atom stereocenters. The van der Waals surface area contributed by atoms with Crippen LogP contribution in [0.15, 0.2) is 0 Å². The van der Waals surface area contributed by atoms with Gasteiger partial charge in [0.15, 0.2) is 0 Å². The van der Waals surface area contributed by atoms with Gasteiger partial charge in [0.25, 0.3) is 0 Å². The zero-order valence-electron chi connectivity index (χ0n) is 10.2. The molecule has 0 aromatic rings. The van der Waals surface area contributed by atoms with Gasteiger partial charge in [-0.1, -0.05) is 6.92 Å². The van der Waals surface area contributed by atoms with Gasteiger partial charge in [0, 0.05) is 12.5 Å². The summed E-state index contributed by atoms with van der Waals surface area (Å²) in [5.41, 5.74) is 5.54. The minimum absolute atomic E-state index is 0.240. The van der Waals surface area contributed by atoms with Crippen LogP contribution in [0.5, 0.6) is 0 Å². The number of carbonyl (C=O) groups excluding carboxylic acids is 1. The second-order valence-corrected chi connectivity index (χ2v) is 5.65. The largest absolute Gasteiger partial charge is 0.353 e. The summed E-state index contributed by atoms with van der Waals surface area (Å²) in [7, 11) is 0. The maximum atomic E-state index is 11.8. The molecule has 2 rings (SSSR count). The third-order valence-electron chi connectivity index (χ3n) is 3.85. The lowest BCUT2D eigenvalue weighted by atomic mass is 10.0. The fourth-order valence-electron chi connectivity index (χ4n) is 2.28. The van der Waals surface area contributed by atoms with Gasteiger partial charge in [-0.05, 0) is 56.4 Å². The molecule has 0 aromatic carbocycles. The Bertz CT molecular complexity index is 234. The molecule has 16 heavy (non-hydrogen) atoms. The molecule has 0 radical (unpaired) electrons. The van der Waals surface area contributed by atoms with E-state index in [9.17, 15) is 4.79 Å². The van der Waals surface area contributed by atoms with Gasteiger partial charge in [-0.15, -0.1) is 0 Å². The topological polar surface area (TPSA) is 55.1 Å². The van der Waals surface area contributed by atoms with Crippen molar-refractivity contribution >= 4 is 5.91 Å². The molecule has 0 spiro atoms.